The Bertz CT molecular complexity index is 762. The van der Waals surface area contributed by atoms with Crippen LogP contribution in [-0.4, -0.2) is 20.2 Å². The topological polar surface area (TPSA) is 95.6 Å². The second kappa shape index (κ2) is 5.20. The SMILES string of the molecule is Nc1cc(N)cc(-c2nnnn2Cc2ccccc2F)c1. The summed E-state index contributed by atoms with van der Waals surface area (Å²) in [7, 11) is 0. The van der Waals surface area contributed by atoms with Crippen LogP contribution in [0.1, 0.15) is 5.56 Å². The molecule has 0 saturated heterocycles. The van der Waals surface area contributed by atoms with E-state index in [1.807, 2.05) is 0 Å². The third kappa shape index (κ3) is 2.66. The van der Waals surface area contributed by atoms with Gasteiger partial charge in [0.1, 0.15) is 5.82 Å². The Morgan fingerprint density at radius 3 is 2.48 bits per heavy atom. The van der Waals surface area contributed by atoms with Crippen molar-refractivity contribution in [3.8, 4) is 11.4 Å². The predicted molar refractivity (Wildman–Crippen MR) is 77.6 cm³/mol. The summed E-state index contributed by atoms with van der Waals surface area (Å²) in [5, 5.41) is 11.5. The normalized spacial score (nSPS) is 10.7. The van der Waals surface area contributed by atoms with Crippen molar-refractivity contribution in [2.75, 3.05) is 11.5 Å². The molecule has 0 fully saturated rings. The van der Waals surface area contributed by atoms with E-state index in [1.165, 1.54) is 10.7 Å². The summed E-state index contributed by atoms with van der Waals surface area (Å²) in [5.74, 6) is 0.184. The maximum Gasteiger partial charge on any atom is 0.182 e. The van der Waals surface area contributed by atoms with Crippen LogP contribution < -0.4 is 11.5 Å². The minimum Gasteiger partial charge on any atom is -0.399 e. The molecule has 1 heterocycles. The van der Waals surface area contributed by atoms with Gasteiger partial charge in [0.05, 0.1) is 6.54 Å². The zero-order valence-corrected chi connectivity index (χ0v) is 11.1. The van der Waals surface area contributed by atoms with Gasteiger partial charge in [-0.2, -0.15) is 0 Å². The molecule has 0 aliphatic rings. The number of tetrazole rings is 1. The monoisotopic (exact) mass is 284 g/mol. The van der Waals surface area contributed by atoms with Gasteiger partial charge in [-0.3, -0.25) is 0 Å². The molecule has 106 valence electrons. The number of nitrogens with two attached hydrogens (primary N) is 2. The van der Waals surface area contributed by atoms with Crippen LogP contribution in [0.3, 0.4) is 0 Å². The Morgan fingerprint density at radius 1 is 1.05 bits per heavy atom. The van der Waals surface area contributed by atoms with Crippen LogP contribution >= 0.6 is 0 Å². The molecule has 3 aromatic rings. The first-order valence-electron chi connectivity index (χ1n) is 6.29. The van der Waals surface area contributed by atoms with E-state index in [9.17, 15) is 4.39 Å². The Hall–Kier alpha value is -2.96. The first kappa shape index (κ1) is 13.0. The highest BCUT2D eigenvalue weighted by Crippen LogP contribution is 2.23. The predicted octanol–water partition coefficient (Wildman–Crippen LogP) is 1.69. The van der Waals surface area contributed by atoms with E-state index in [0.717, 1.165) is 0 Å². The van der Waals surface area contributed by atoms with Gasteiger partial charge < -0.3 is 11.5 Å². The summed E-state index contributed by atoms with van der Waals surface area (Å²) in [6.45, 7) is 0.226. The largest absolute Gasteiger partial charge is 0.399 e. The molecule has 0 atom stereocenters. The zero-order valence-electron chi connectivity index (χ0n) is 11.1. The highest BCUT2D eigenvalue weighted by Gasteiger charge is 2.12. The van der Waals surface area contributed by atoms with E-state index in [4.69, 9.17) is 11.5 Å². The van der Waals surface area contributed by atoms with Gasteiger partial charge in [-0.05, 0) is 34.7 Å². The molecule has 0 saturated carbocycles. The molecule has 0 aliphatic carbocycles. The molecule has 0 amide bonds. The molecule has 3 rings (SSSR count). The number of halogens is 1. The van der Waals surface area contributed by atoms with E-state index in [0.29, 0.717) is 28.3 Å². The Labute approximate surface area is 120 Å². The highest BCUT2D eigenvalue weighted by molar-refractivity contribution is 5.67. The molecule has 0 radical (unpaired) electrons. The fourth-order valence-electron chi connectivity index (χ4n) is 2.11. The maximum absolute atomic E-state index is 13.7. The summed E-state index contributed by atoms with van der Waals surface area (Å²) in [6, 6.07) is 11.6. The fourth-order valence-corrected chi connectivity index (χ4v) is 2.11. The highest BCUT2D eigenvalue weighted by atomic mass is 19.1. The number of hydrogen-bond acceptors (Lipinski definition) is 5. The van der Waals surface area contributed by atoms with Crippen molar-refractivity contribution in [3.63, 3.8) is 0 Å². The lowest BCUT2D eigenvalue weighted by atomic mass is 10.1. The summed E-state index contributed by atoms with van der Waals surface area (Å²) in [5.41, 5.74) is 13.8. The first-order valence-corrected chi connectivity index (χ1v) is 6.29. The van der Waals surface area contributed by atoms with Crippen molar-refractivity contribution in [1.82, 2.24) is 20.2 Å². The van der Waals surface area contributed by atoms with Gasteiger partial charge in [0.25, 0.3) is 0 Å². The summed E-state index contributed by atoms with van der Waals surface area (Å²) < 4.78 is 15.2. The number of hydrogen-bond donors (Lipinski definition) is 2. The van der Waals surface area contributed by atoms with Gasteiger partial charge in [0.15, 0.2) is 5.82 Å². The summed E-state index contributed by atoms with van der Waals surface area (Å²) in [6.07, 6.45) is 0. The van der Waals surface area contributed by atoms with Crippen molar-refractivity contribution in [3.05, 3.63) is 53.8 Å². The molecular formula is C14H13FN6. The van der Waals surface area contributed by atoms with Gasteiger partial charge in [-0.25, -0.2) is 9.07 Å². The molecule has 6 nitrogen and oxygen atoms in total. The van der Waals surface area contributed by atoms with Crippen LogP contribution in [0.2, 0.25) is 0 Å². The number of nitrogen functional groups attached to an aromatic ring is 2. The molecule has 21 heavy (non-hydrogen) atoms. The lowest BCUT2D eigenvalue weighted by Gasteiger charge is -2.07. The molecule has 2 aromatic carbocycles. The molecule has 0 bridgehead atoms. The Kier molecular flexibility index (Phi) is 3.23. The van der Waals surface area contributed by atoms with Crippen molar-refractivity contribution in [2.45, 2.75) is 6.54 Å². The van der Waals surface area contributed by atoms with Crippen LogP contribution in [0, 0.1) is 5.82 Å². The third-order valence-corrected chi connectivity index (χ3v) is 3.05. The fraction of sp³-hybridized carbons (Fsp3) is 0.0714. The smallest absolute Gasteiger partial charge is 0.182 e. The van der Waals surface area contributed by atoms with Gasteiger partial charge in [0.2, 0.25) is 0 Å². The minimum absolute atomic E-state index is 0.226. The van der Waals surface area contributed by atoms with Crippen molar-refractivity contribution >= 4 is 11.4 Å². The summed E-state index contributed by atoms with van der Waals surface area (Å²) in [4.78, 5) is 0. The number of benzene rings is 2. The van der Waals surface area contributed by atoms with Crippen molar-refractivity contribution in [1.29, 1.82) is 0 Å². The lowest BCUT2D eigenvalue weighted by molar-refractivity contribution is 0.579. The number of rotatable bonds is 3. The number of aromatic nitrogens is 4. The van der Waals surface area contributed by atoms with Crippen LogP contribution in [0.4, 0.5) is 15.8 Å². The van der Waals surface area contributed by atoms with Crippen LogP contribution in [0.25, 0.3) is 11.4 Å². The quantitative estimate of drug-likeness (QED) is 0.713. The van der Waals surface area contributed by atoms with Crippen molar-refractivity contribution in [2.24, 2.45) is 0 Å². The first-order chi connectivity index (χ1) is 10.1. The third-order valence-electron chi connectivity index (χ3n) is 3.05. The average molecular weight is 284 g/mol. The molecule has 0 spiro atoms. The molecule has 0 unspecified atom stereocenters. The Balaban J connectivity index is 1.99. The molecular weight excluding hydrogens is 271 g/mol. The number of anilines is 2. The average Bonchev–Trinajstić information content (AvgIpc) is 2.88. The second-order valence-electron chi connectivity index (χ2n) is 4.64. The van der Waals surface area contributed by atoms with Gasteiger partial charge in [-0.15, -0.1) is 5.10 Å². The standard InChI is InChI=1S/C14H13FN6/c15-13-4-2-1-3-9(13)8-21-14(18-19-20-21)10-5-11(16)7-12(17)6-10/h1-7H,8,16-17H2. The molecule has 4 N–H and O–H groups in total. The molecule has 0 aliphatic heterocycles. The lowest BCUT2D eigenvalue weighted by Crippen LogP contribution is -2.06. The molecule has 1 aromatic heterocycles. The van der Waals surface area contributed by atoms with Gasteiger partial charge >= 0.3 is 0 Å². The van der Waals surface area contributed by atoms with E-state index in [1.54, 1.807) is 36.4 Å². The van der Waals surface area contributed by atoms with Crippen LogP contribution in [-0.2, 0) is 6.54 Å². The van der Waals surface area contributed by atoms with E-state index < -0.39 is 0 Å². The van der Waals surface area contributed by atoms with Gasteiger partial charge in [-0.1, -0.05) is 18.2 Å². The van der Waals surface area contributed by atoms with Crippen LogP contribution in [0.5, 0.6) is 0 Å². The van der Waals surface area contributed by atoms with E-state index >= 15 is 0 Å². The zero-order chi connectivity index (χ0) is 14.8. The van der Waals surface area contributed by atoms with E-state index in [-0.39, 0.29) is 12.4 Å². The van der Waals surface area contributed by atoms with Gasteiger partial charge in [0, 0.05) is 22.5 Å². The molecule has 7 heteroatoms. The Morgan fingerprint density at radius 2 is 1.76 bits per heavy atom. The maximum atomic E-state index is 13.7. The van der Waals surface area contributed by atoms with Crippen molar-refractivity contribution < 1.29 is 4.39 Å². The van der Waals surface area contributed by atoms with Crippen LogP contribution in [0.15, 0.2) is 42.5 Å². The number of nitrogens with zero attached hydrogens (tertiary/aromatic N) is 4. The second-order valence-corrected chi connectivity index (χ2v) is 4.64. The van der Waals surface area contributed by atoms with E-state index in [2.05, 4.69) is 15.5 Å². The minimum atomic E-state index is -0.300. The summed E-state index contributed by atoms with van der Waals surface area (Å²) >= 11 is 0.